The van der Waals surface area contributed by atoms with Gasteiger partial charge in [-0.2, -0.15) is 0 Å². The summed E-state index contributed by atoms with van der Waals surface area (Å²) in [6, 6.07) is 12.4. The molecule has 1 heterocycles. The lowest BCUT2D eigenvalue weighted by molar-refractivity contribution is 0.510. The van der Waals surface area contributed by atoms with E-state index in [4.69, 9.17) is 34.8 Å². The first-order valence-corrected chi connectivity index (χ1v) is 8.86. The van der Waals surface area contributed by atoms with Crippen molar-refractivity contribution in [2.24, 2.45) is 0 Å². The molecule has 1 aliphatic heterocycles. The van der Waals surface area contributed by atoms with E-state index in [9.17, 15) is 0 Å². The van der Waals surface area contributed by atoms with Gasteiger partial charge in [0.25, 0.3) is 0 Å². The lowest BCUT2D eigenvalue weighted by Crippen LogP contribution is -2.24. The third-order valence-electron chi connectivity index (χ3n) is 3.62. The number of thioether (sulfide) groups is 1. The van der Waals surface area contributed by atoms with Crippen molar-refractivity contribution in [1.82, 2.24) is 5.32 Å². The summed E-state index contributed by atoms with van der Waals surface area (Å²) in [5.74, 6) is 1.12. The van der Waals surface area contributed by atoms with Gasteiger partial charge in [-0.1, -0.05) is 53.0 Å². The highest BCUT2D eigenvalue weighted by molar-refractivity contribution is 7.99. The average molecular weight is 359 g/mol. The molecule has 0 spiro atoms. The van der Waals surface area contributed by atoms with Crippen LogP contribution >= 0.6 is 46.6 Å². The van der Waals surface area contributed by atoms with E-state index in [1.54, 1.807) is 12.1 Å². The Balaban J connectivity index is 1.79. The Labute approximate surface area is 144 Å². The zero-order valence-corrected chi connectivity index (χ0v) is 14.3. The van der Waals surface area contributed by atoms with Gasteiger partial charge in [0.05, 0.1) is 10.0 Å². The molecule has 1 nitrogen and oxygen atoms in total. The van der Waals surface area contributed by atoms with Gasteiger partial charge in [0.15, 0.2) is 0 Å². The fourth-order valence-electron chi connectivity index (χ4n) is 2.51. The van der Waals surface area contributed by atoms with E-state index in [0.717, 1.165) is 17.7 Å². The Morgan fingerprint density at radius 2 is 1.81 bits per heavy atom. The first-order valence-electron chi connectivity index (χ1n) is 6.74. The van der Waals surface area contributed by atoms with E-state index >= 15 is 0 Å². The van der Waals surface area contributed by atoms with E-state index < -0.39 is 0 Å². The molecule has 0 aliphatic carbocycles. The number of nitrogens with one attached hydrogen (secondary N) is 1. The van der Waals surface area contributed by atoms with Gasteiger partial charge in [-0.15, -0.1) is 11.8 Å². The quantitative estimate of drug-likeness (QED) is 0.678. The third-order valence-corrected chi connectivity index (χ3v) is 5.94. The molecule has 2 aromatic carbocycles. The second-order valence-corrected chi connectivity index (χ2v) is 7.26. The van der Waals surface area contributed by atoms with Crippen LogP contribution in [0.3, 0.4) is 0 Å². The number of hydrogen-bond acceptors (Lipinski definition) is 2. The van der Waals surface area contributed by atoms with Gasteiger partial charge in [0, 0.05) is 28.1 Å². The van der Waals surface area contributed by atoms with Crippen LogP contribution in [0.15, 0.2) is 41.3 Å². The summed E-state index contributed by atoms with van der Waals surface area (Å²) in [5.41, 5.74) is 2.21. The Hall–Kier alpha value is -0.380. The maximum atomic E-state index is 6.26. The van der Waals surface area contributed by atoms with Crippen molar-refractivity contribution in [2.75, 3.05) is 5.75 Å². The van der Waals surface area contributed by atoms with Crippen LogP contribution in [0.1, 0.15) is 23.6 Å². The largest absolute Gasteiger partial charge is 0.306 e. The minimum absolute atomic E-state index is 0.327. The molecule has 2 aromatic rings. The summed E-state index contributed by atoms with van der Waals surface area (Å²) in [6.07, 6.45) is 1.09. The molecule has 0 radical (unpaired) electrons. The standard InChI is InChI=1S/C16H14Cl3NS/c17-12-5-6-13(18)16(19)11(12)9-20-14-7-8-21-15-4-2-1-3-10(14)15/h1-6,14,20H,7-9H2. The molecule has 0 saturated heterocycles. The molecular formula is C16H14Cl3NS. The van der Waals surface area contributed by atoms with E-state index in [1.165, 1.54) is 10.5 Å². The second-order valence-electron chi connectivity index (χ2n) is 4.93. The van der Waals surface area contributed by atoms with Crippen molar-refractivity contribution < 1.29 is 0 Å². The normalized spacial score (nSPS) is 17.6. The molecule has 110 valence electrons. The highest BCUT2D eigenvalue weighted by Crippen LogP contribution is 2.37. The molecular weight excluding hydrogens is 345 g/mol. The Morgan fingerprint density at radius 3 is 2.67 bits per heavy atom. The van der Waals surface area contributed by atoms with Gasteiger partial charge in [-0.25, -0.2) is 0 Å². The summed E-state index contributed by atoms with van der Waals surface area (Å²) in [4.78, 5) is 1.35. The predicted molar refractivity (Wildman–Crippen MR) is 92.8 cm³/mol. The van der Waals surface area contributed by atoms with Crippen LogP contribution in [0.4, 0.5) is 0 Å². The Bertz CT molecular complexity index is 660. The summed E-state index contributed by atoms with van der Waals surface area (Å²) in [5, 5.41) is 5.29. The van der Waals surface area contributed by atoms with Crippen LogP contribution in [0.25, 0.3) is 0 Å². The lowest BCUT2D eigenvalue weighted by Gasteiger charge is -2.26. The van der Waals surface area contributed by atoms with Crippen LogP contribution in [-0.2, 0) is 6.54 Å². The SMILES string of the molecule is Clc1ccc(Cl)c(CNC2CCSc3ccccc32)c1Cl. The number of hydrogen-bond donors (Lipinski definition) is 1. The summed E-state index contributed by atoms with van der Waals surface area (Å²) >= 11 is 20.5. The molecule has 1 N–H and O–H groups in total. The van der Waals surface area contributed by atoms with Crippen LogP contribution in [0.5, 0.6) is 0 Å². The van der Waals surface area contributed by atoms with Crippen LogP contribution in [-0.4, -0.2) is 5.75 Å². The highest BCUT2D eigenvalue weighted by Gasteiger charge is 2.20. The Kier molecular flexibility index (Phi) is 5.03. The van der Waals surface area contributed by atoms with Gasteiger partial charge in [-0.3, -0.25) is 0 Å². The molecule has 21 heavy (non-hydrogen) atoms. The molecule has 0 fully saturated rings. The molecule has 1 aliphatic rings. The Morgan fingerprint density at radius 1 is 1.05 bits per heavy atom. The van der Waals surface area contributed by atoms with E-state index in [0.29, 0.717) is 27.7 Å². The number of fused-ring (bicyclic) bond motifs is 1. The van der Waals surface area contributed by atoms with Crippen LogP contribution < -0.4 is 5.32 Å². The fraction of sp³-hybridized carbons (Fsp3) is 0.250. The predicted octanol–water partition coefficient (Wildman–Crippen LogP) is 5.97. The maximum Gasteiger partial charge on any atom is 0.0652 e. The smallest absolute Gasteiger partial charge is 0.0652 e. The summed E-state index contributed by atoms with van der Waals surface area (Å²) in [7, 11) is 0. The first-order chi connectivity index (χ1) is 10.2. The number of benzene rings is 2. The van der Waals surface area contributed by atoms with Crippen molar-refractivity contribution >= 4 is 46.6 Å². The molecule has 0 saturated carbocycles. The van der Waals surface area contributed by atoms with Crippen molar-refractivity contribution in [2.45, 2.75) is 23.9 Å². The minimum Gasteiger partial charge on any atom is -0.306 e. The number of rotatable bonds is 3. The van der Waals surface area contributed by atoms with Gasteiger partial charge in [-0.05, 0) is 35.9 Å². The van der Waals surface area contributed by atoms with Gasteiger partial charge < -0.3 is 5.32 Å². The highest BCUT2D eigenvalue weighted by atomic mass is 35.5. The van der Waals surface area contributed by atoms with E-state index in [2.05, 4.69) is 29.6 Å². The van der Waals surface area contributed by atoms with E-state index in [1.807, 2.05) is 11.8 Å². The lowest BCUT2D eigenvalue weighted by atomic mass is 10.0. The van der Waals surface area contributed by atoms with E-state index in [-0.39, 0.29) is 0 Å². The topological polar surface area (TPSA) is 12.0 Å². The molecule has 3 rings (SSSR count). The number of halogens is 3. The van der Waals surface area contributed by atoms with Gasteiger partial charge >= 0.3 is 0 Å². The summed E-state index contributed by atoms with van der Waals surface area (Å²) < 4.78 is 0. The summed E-state index contributed by atoms with van der Waals surface area (Å²) in [6.45, 7) is 0.613. The molecule has 0 amide bonds. The first kappa shape index (κ1) is 15.5. The molecule has 1 atom stereocenters. The van der Waals surface area contributed by atoms with Crippen LogP contribution in [0.2, 0.25) is 15.1 Å². The van der Waals surface area contributed by atoms with Crippen molar-refractivity contribution in [3.05, 3.63) is 62.6 Å². The van der Waals surface area contributed by atoms with Crippen molar-refractivity contribution in [1.29, 1.82) is 0 Å². The van der Waals surface area contributed by atoms with Crippen molar-refractivity contribution in [3.8, 4) is 0 Å². The molecule has 5 heteroatoms. The van der Waals surface area contributed by atoms with Crippen molar-refractivity contribution in [3.63, 3.8) is 0 Å². The van der Waals surface area contributed by atoms with Gasteiger partial charge in [0.1, 0.15) is 0 Å². The average Bonchev–Trinajstić information content (AvgIpc) is 2.51. The monoisotopic (exact) mass is 357 g/mol. The maximum absolute atomic E-state index is 6.26. The van der Waals surface area contributed by atoms with Crippen LogP contribution in [0, 0.1) is 0 Å². The second kappa shape index (κ2) is 6.80. The molecule has 0 bridgehead atoms. The zero-order chi connectivity index (χ0) is 14.8. The molecule has 0 aromatic heterocycles. The third kappa shape index (κ3) is 3.35. The minimum atomic E-state index is 0.327. The van der Waals surface area contributed by atoms with Gasteiger partial charge in [0.2, 0.25) is 0 Å². The molecule has 1 unspecified atom stereocenters. The fourth-order valence-corrected chi connectivity index (χ4v) is 4.32. The zero-order valence-electron chi connectivity index (χ0n) is 11.2.